The summed E-state index contributed by atoms with van der Waals surface area (Å²) in [6.45, 7) is 6.86. The first-order chi connectivity index (χ1) is 11.1. The maximum atomic E-state index is 12.5. The Morgan fingerprint density at radius 1 is 1.30 bits per heavy atom. The van der Waals surface area contributed by atoms with Crippen LogP contribution in [0.3, 0.4) is 0 Å². The van der Waals surface area contributed by atoms with Gasteiger partial charge in [-0.1, -0.05) is 6.92 Å². The summed E-state index contributed by atoms with van der Waals surface area (Å²) in [5, 5.41) is 16.0. The fraction of sp³-hybridized carbons (Fsp3) is 0.412. The number of aromatic nitrogens is 2. The van der Waals surface area contributed by atoms with E-state index in [1.807, 2.05) is 18.5 Å². The van der Waals surface area contributed by atoms with Crippen molar-refractivity contribution in [3.63, 3.8) is 0 Å². The zero-order valence-corrected chi connectivity index (χ0v) is 13.8. The second-order valence-corrected chi connectivity index (χ2v) is 5.32. The van der Waals surface area contributed by atoms with Crippen molar-refractivity contribution in [1.82, 2.24) is 9.78 Å². The van der Waals surface area contributed by atoms with Crippen LogP contribution < -0.4 is 10.1 Å². The zero-order valence-electron chi connectivity index (χ0n) is 13.8. The minimum atomic E-state index is -0.161. The number of nitrogens with one attached hydrogen (secondary N) is 1. The van der Waals surface area contributed by atoms with Crippen molar-refractivity contribution in [2.75, 3.05) is 18.5 Å². The lowest BCUT2D eigenvalue weighted by molar-refractivity contribution is 0.102. The van der Waals surface area contributed by atoms with Gasteiger partial charge in [0.05, 0.1) is 17.9 Å². The van der Waals surface area contributed by atoms with Gasteiger partial charge in [0.2, 0.25) is 0 Å². The van der Waals surface area contributed by atoms with E-state index in [0.29, 0.717) is 17.0 Å². The lowest BCUT2D eigenvalue weighted by Crippen LogP contribution is -2.14. The molecule has 0 aliphatic rings. The highest BCUT2D eigenvalue weighted by atomic mass is 16.5. The van der Waals surface area contributed by atoms with Crippen molar-refractivity contribution in [2.24, 2.45) is 0 Å². The maximum Gasteiger partial charge on any atom is 0.259 e. The number of aliphatic hydroxyl groups excluding tert-OH is 1. The fourth-order valence-electron chi connectivity index (χ4n) is 2.45. The summed E-state index contributed by atoms with van der Waals surface area (Å²) in [7, 11) is 0. The third kappa shape index (κ3) is 4.10. The van der Waals surface area contributed by atoms with E-state index in [2.05, 4.69) is 17.3 Å². The molecule has 0 spiro atoms. The van der Waals surface area contributed by atoms with E-state index in [-0.39, 0.29) is 19.1 Å². The van der Waals surface area contributed by atoms with Crippen molar-refractivity contribution in [1.29, 1.82) is 0 Å². The monoisotopic (exact) mass is 317 g/mol. The molecule has 0 saturated carbocycles. The zero-order chi connectivity index (χ0) is 16.8. The molecule has 0 aliphatic heterocycles. The van der Waals surface area contributed by atoms with E-state index in [0.717, 1.165) is 24.4 Å². The van der Waals surface area contributed by atoms with Crippen LogP contribution in [0.25, 0.3) is 0 Å². The predicted molar refractivity (Wildman–Crippen MR) is 89.0 cm³/mol. The summed E-state index contributed by atoms with van der Waals surface area (Å²) in [5.74, 6) is 0.492. The number of carbonyl (C=O) groups excluding carboxylic acids is 1. The number of ether oxygens (including phenoxy) is 1. The molecule has 6 nitrogen and oxygen atoms in total. The molecule has 23 heavy (non-hydrogen) atoms. The van der Waals surface area contributed by atoms with Gasteiger partial charge in [-0.05, 0) is 44.5 Å². The molecule has 2 N–H and O–H groups in total. The first-order valence-corrected chi connectivity index (χ1v) is 7.76. The van der Waals surface area contributed by atoms with Gasteiger partial charge in [-0.25, -0.2) is 0 Å². The molecule has 1 heterocycles. The van der Waals surface area contributed by atoms with Gasteiger partial charge >= 0.3 is 0 Å². The minimum absolute atomic E-state index is 0.0290. The molecule has 0 fully saturated rings. The highest BCUT2D eigenvalue weighted by Gasteiger charge is 2.18. The molecule has 0 unspecified atom stereocenters. The Balaban J connectivity index is 2.10. The van der Waals surface area contributed by atoms with Crippen LogP contribution in [0.2, 0.25) is 0 Å². The van der Waals surface area contributed by atoms with Crippen LogP contribution in [-0.4, -0.2) is 34.0 Å². The fourth-order valence-corrected chi connectivity index (χ4v) is 2.45. The first kappa shape index (κ1) is 17.0. The number of hydrogen-bond donors (Lipinski definition) is 2. The maximum absolute atomic E-state index is 12.5. The summed E-state index contributed by atoms with van der Waals surface area (Å²) < 4.78 is 7.16. The Morgan fingerprint density at radius 2 is 2.00 bits per heavy atom. The second kappa shape index (κ2) is 7.78. The van der Waals surface area contributed by atoms with Gasteiger partial charge in [0.1, 0.15) is 12.4 Å². The molecular formula is C17H23N3O3. The van der Waals surface area contributed by atoms with E-state index in [1.54, 1.807) is 24.3 Å². The molecule has 124 valence electrons. The number of carbonyl (C=O) groups is 1. The van der Waals surface area contributed by atoms with E-state index < -0.39 is 0 Å². The normalized spacial score (nSPS) is 10.6. The van der Waals surface area contributed by atoms with Crippen LogP contribution in [-0.2, 0) is 6.54 Å². The van der Waals surface area contributed by atoms with Crippen LogP contribution in [0, 0.1) is 13.8 Å². The van der Waals surface area contributed by atoms with Crippen LogP contribution in [0.5, 0.6) is 5.75 Å². The summed E-state index contributed by atoms with van der Waals surface area (Å²) >= 11 is 0. The lowest BCUT2D eigenvalue weighted by atomic mass is 10.1. The van der Waals surface area contributed by atoms with Crippen LogP contribution >= 0.6 is 0 Å². The molecule has 2 aromatic rings. The third-order valence-electron chi connectivity index (χ3n) is 3.52. The van der Waals surface area contributed by atoms with E-state index in [1.165, 1.54) is 0 Å². The highest BCUT2D eigenvalue weighted by Crippen LogP contribution is 2.19. The number of aryl methyl sites for hydroxylation is 2. The highest BCUT2D eigenvalue weighted by molar-refractivity contribution is 6.05. The van der Waals surface area contributed by atoms with E-state index >= 15 is 0 Å². The number of aliphatic hydroxyl groups is 1. The number of hydrogen-bond acceptors (Lipinski definition) is 4. The Bertz CT molecular complexity index is 662. The van der Waals surface area contributed by atoms with Gasteiger partial charge in [-0.2, -0.15) is 5.10 Å². The second-order valence-electron chi connectivity index (χ2n) is 5.32. The number of rotatable bonds is 7. The van der Waals surface area contributed by atoms with Gasteiger partial charge in [0.25, 0.3) is 5.91 Å². The molecule has 0 saturated heterocycles. The van der Waals surface area contributed by atoms with Gasteiger partial charge in [-0.3, -0.25) is 9.48 Å². The molecule has 0 radical (unpaired) electrons. The molecule has 1 amide bonds. The molecule has 0 aliphatic carbocycles. The van der Waals surface area contributed by atoms with E-state index in [4.69, 9.17) is 9.84 Å². The Hall–Kier alpha value is -2.34. The Morgan fingerprint density at radius 3 is 2.61 bits per heavy atom. The molecule has 0 bridgehead atoms. The van der Waals surface area contributed by atoms with Gasteiger partial charge in [-0.15, -0.1) is 0 Å². The lowest BCUT2D eigenvalue weighted by Gasteiger charge is -2.08. The number of benzene rings is 1. The van der Waals surface area contributed by atoms with Crippen molar-refractivity contribution in [3.8, 4) is 5.75 Å². The number of anilines is 1. The SMILES string of the molecule is CCCn1nc(C)c(C(=O)Nc2ccc(OCCO)cc2)c1C. The number of amides is 1. The standard InChI is InChI=1S/C17H23N3O3/c1-4-9-20-13(3)16(12(2)19-20)17(22)18-14-5-7-15(8-6-14)23-11-10-21/h5-8,21H,4,9-11H2,1-3H3,(H,18,22). The Labute approximate surface area is 136 Å². The van der Waals surface area contributed by atoms with Crippen molar-refractivity contribution in [3.05, 3.63) is 41.2 Å². The van der Waals surface area contributed by atoms with Crippen LogP contribution in [0.1, 0.15) is 35.1 Å². The van der Waals surface area contributed by atoms with Crippen molar-refractivity contribution >= 4 is 11.6 Å². The summed E-state index contributed by atoms with van der Waals surface area (Å²) in [6.07, 6.45) is 0.971. The van der Waals surface area contributed by atoms with Crippen LogP contribution in [0.15, 0.2) is 24.3 Å². The molecule has 6 heteroatoms. The smallest absolute Gasteiger partial charge is 0.259 e. The average molecular weight is 317 g/mol. The minimum Gasteiger partial charge on any atom is -0.491 e. The first-order valence-electron chi connectivity index (χ1n) is 7.76. The topological polar surface area (TPSA) is 76.4 Å². The van der Waals surface area contributed by atoms with Crippen LogP contribution in [0.4, 0.5) is 5.69 Å². The van der Waals surface area contributed by atoms with Gasteiger partial charge < -0.3 is 15.2 Å². The van der Waals surface area contributed by atoms with Crippen molar-refractivity contribution < 1.29 is 14.6 Å². The molecule has 1 aromatic carbocycles. The molecule has 1 aromatic heterocycles. The average Bonchev–Trinajstić information content (AvgIpc) is 2.81. The summed E-state index contributed by atoms with van der Waals surface area (Å²) in [5.41, 5.74) is 2.92. The number of nitrogens with zero attached hydrogens (tertiary/aromatic N) is 2. The predicted octanol–water partition coefficient (Wildman–Crippen LogP) is 2.53. The summed E-state index contributed by atoms with van der Waals surface area (Å²) in [6, 6.07) is 7.05. The molecule has 2 rings (SSSR count). The summed E-state index contributed by atoms with van der Waals surface area (Å²) in [4.78, 5) is 12.5. The molecular weight excluding hydrogens is 294 g/mol. The van der Waals surface area contributed by atoms with Crippen molar-refractivity contribution in [2.45, 2.75) is 33.7 Å². The van der Waals surface area contributed by atoms with Gasteiger partial charge in [0, 0.05) is 17.9 Å². The largest absolute Gasteiger partial charge is 0.491 e. The quantitative estimate of drug-likeness (QED) is 0.823. The van der Waals surface area contributed by atoms with E-state index in [9.17, 15) is 4.79 Å². The Kier molecular flexibility index (Phi) is 5.76. The third-order valence-corrected chi connectivity index (χ3v) is 3.52. The van der Waals surface area contributed by atoms with Gasteiger partial charge in [0.15, 0.2) is 0 Å². The molecule has 0 atom stereocenters.